The van der Waals surface area contributed by atoms with Crippen molar-refractivity contribution in [3.05, 3.63) is 101 Å². The summed E-state index contributed by atoms with van der Waals surface area (Å²) in [6, 6.07) is 21.0. The molecule has 33 heavy (non-hydrogen) atoms. The smallest absolute Gasteiger partial charge is 0.256 e. The van der Waals surface area contributed by atoms with Gasteiger partial charge in [-0.15, -0.1) is 5.10 Å². The summed E-state index contributed by atoms with van der Waals surface area (Å²) in [6.07, 6.45) is 1.60. The van der Waals surface area contributed by atoms with E-state index in [-0.39, 0.29) is 5.91 Å². The zero-order valence-corrected chi connectivity index (χ0v) is 19.1. The number of thioether (sulfide) groups is 1. The summed E-state index contributed by atoms with van der Waals surface area (Å²) in [5, 5.41) is 11.7. The number of fused-ring (bicyclic) bond motifs is 1. The first kappa shape index (κ1) is 21.1. The average molecular weight is 458 g/mol. The number of benzene rings is 2. The SMILES string of the molecule is CC1=C(C(=O)Nc2ccccc2C)C(c2ccco2)n2nc(SCc3ccccc3)nc2N1. The van der Waals surface area contributed by atoms with Gasteiger partial charge in [-0.3, -0.25) is 4.79 Å². The maximum atomic E-state index is 13.4. The zero-order chi connectivity index (χ0) is 22.8. The zero-order valence-electron chi connectivity index (χ0n) is 18.3. The van der Waals surface area contributed by atoms with Crippen LogP contribution in [0.15, 0.2) is 93.8 Å². The van der Waals surface area contributed by atoms with E-state index in [0.717, 1.165) is 17.0 Å². The van der Waals surface area contributed by atoms with Crippen LogP contribution in [0, 0.1) is 6.92 Å². The highest BCUT2D eigenvalue weighted by Crippen LogP contribution is 2.37. The molecule has 1 aliphatic rings. The Labute approximate surface area is 195 Å². The fraction of sp³-hybridized carbons (Fsp3) is 0.160. The minimum Gasteiger partial charge on any atom is -0.467 e. The molecule has 2 aromatic heterocycles. The van der Waals surface area contributed by atoms with E-state index in [2.05, 4.69) is 27.8 Å². The van der Waals surface area contributed by atoms with Crippen LogP contribution >= 0.6 is 11.8 Å². The summed E-state index contributed by atoms with van der Waals surface area (Å²) in [5.41, 5.74) is 4.19. The third kappa shape index (κ3) is 4.29. The van der Waals surface area contributed by atoms with Crippen LogP contribution in [0.5, 0.6) is 0 Å². The number of allylic oxidation sites excluding steroid dienone is 1. The molecule has 0 saturated heterocycles. The van der Waals surface area contributed by atoms with Gasteiger partial charge in [0.1, 0.15) is 11.8 Å². The van der Waals surface area contributed by atoms with Gasteiger partial charge in [0.05, 0.1) is 11.8 Å². The van der Waals surface area contributed by atoms with Gasteiger partial charge in [0.25, 0.3) is 5.91 Å². The topological polar surface area (TPSA) is 85.0 Å². The van der Waals surface area contributed by atoms with Crippen molar-refractivity contribution < 1.29 is 9.21 Å². The first-order valence-electron chi connectivity index (χ1n) is 10.6. The van der Waals surface area contributed by atoms with Crippen molar-refractivity contribution in [2.45, 2.75) is 30.8 Å². The minimum absolute atomic E-state index is 0.213. The molecule has 8 heteroatoms. The maximum Gasteiger partial charge on any atom is 0.256 e. The molecule has 0 bridgehead atoms. The van der Waals surface area contributed by atoms with Crippen molar-refractivity contribution in [3.63, 3.8) is 0 Å². The summed E-state index contributed by atoms with van der Waals surface area (Å²) < 4.78 is 7.46. The number of aromatic nitrogens is 3. The van der Waals surface area contributed by atoms with E-state index in [1.54, 1.807) is 22.7 Å². The predicted molar refractivity (Wildman–Crippen MR) is 129 cm³/mol. The summed E-state index contributed by atoms with van der Waals surface area (Å²) in [5.74, 6) is 1.74. The van der Waals surface area contributed by atoms with Gasteiger partial charge in [-0.25, -0.2) is 4.68 Å². The molecule has 0 saturated carbocycles. The number of nitrogens with one attached hydrogen (secondary N) is 2. The van der Waals surface area contributed by atoms with Crippen molar-refractivity contribution in [1.29, 1.82) is 0 Å². The lowest BCUT2D eigenvalue weighted by atomic mass is 10.00. The van der Waals surface area contributed by atoms with Gasteiger partial charge in [0.2, 0.25) is 11.1 Å². The summed E-state index contributed by atoms with van der Waals surface area (Å²) >= 11 is 1.55. The number of carbonyl (C=O) groups excluding carboxylic acids is 1. The third-order valence-corrected chi connectivity index (χ3v) is 6.40. The van der Waals surface area contributed by atoms with Crippen molar-refractivity contribution in [1.82, 2.24) is 14.8 Å². The van der Waals surface area contributed by atoms with E-state index in [4.69, 9.17) is 9.52 Å². The molecule has 2 aromatic carbocycles. The summed E-state index contributed by atoms with van der Waals surface area (Å²) in [6.45, 7) is 3.84. The van der Waals surface area contributed by atoms with Gasteiger partial charge in [-0.1, -0.05) is 60.3 Å². The first-order valence-corrected chi connectivity index (χ1v) is 11.6. The van der Waals surface area contributed by atoms with Crippen LogP contribution in [0.1, 0.15) is 29.9 Å². The summed E-state index contributed by atoms with van der Waals surface area (Å²) in [7, 11) is 0. The Morgan fingerprint density at radius 3 is 2.64 bits per heavy atom. The number of furan rings is 1. The third-order valence-electron chi connectivity index (χ3n) is 5.49. The van der Waals surface area contributed by atoms with E-state index in [9.17, 15) is 4.79 Å². The van der Waals surface area contributed by atoms with Gasteiger partial charge in [0, 0.05) is 17.1 Å². The van der Waals surface area contributed by atoms with Crippen molar-refractivity contribution in [2.24, 2.45) is 0 Å². The highest BCUT2D eigenvalue weighted by atomic mass is 32.2. The molecule has 0 fully saturated rings. The summed E-state index contributed by atoms with van der Waals surface area (Å²) in [4.78, 5) is 18.1. The number of carbonyl (C=O) groups is 1. The second kappa shape index (κ2) is 8.99. The minimum atomic E-state index is -0.529. The molecule has 1 amide bonds. The second-order valence-corrected chi connectivity index (χ2v) is 8.73. The van der Waals surface area contributed by atoms with E-state index < -0.39 is 6.04 Å². The van der Waals surface area contributed by atoms with Gasteiger partial charge in [-0.05, 0) is 43.2 Å². The fourth-order valence-corrected chi connectivity index (χ4v) is 4.61. The predicted octanol–water partition coefficient (Wildman–Crippen LogP) is 5.40. The molecule has 5 rings (SSSR count). The van der Waals surface area contributed by atoms with Gasteiger partial charge >= 0.3 is 0 Å². The molecular formula is C25H23N5O2S. The molecule has 1 atom stereocenters. The Kier molecular flexibility index (Phi) is 5.75. The van der Waals surface area contributed by atoms with Gasteiger partial charge in [0.15, 0.2) is 0 Å². The quantitative estimate of drug-likeness (QED) is 0.377. The molecule has 7 nitrogen and oxygen atoms in total. The lowest BCUT2D eigenvalue weighted by Crippen LogP contribution is -2.31. The van der Waals surface area contributed by atoms with Crippen LogP contribution in [-0.2, 0) is 10.5 Å². The number of amides is 1. The first-order chi connectivity index (χ1) is 16.1. The Morgan fingerprint density at radius 2 is 1.88 bits per heavy atom. The lowest BCUT2D eigenvalue weighted by Gasteiger charge is -2.27. The normalized spacial score (nSPS) is 15.2. The monoisotopic (exact) mass is 457 g/mol. The molecule has 0 aliphatic carbocycles. The molecule has 3 heterocycles. The van der Waals surface area contributed by atoms with Crippen LogP contribution in [0.3, 0.4) is 0 Å². The van der Waals surface area contributed by atoms with Crippen LogP contribution < -0.4 is 10.6 Å². The Hall–Kier alpha value is -3.78. The van der Waals surface area contributed by atoms with E-state index in [0.29, 0.717) is 28.1 Å². The lowest BCUT2D eigenvalue weighted by molar-refractivity contribution is -0.113. The molecule has 4 aromatic rings. The molecule has 1 unspecified atom stereocenters. The van der Waals surface area contributed by atoms with Gasteiger partial charge in [-0.2, -0.15) is 4.98 Å². The average Bonchev–Trinajstić information content (AvgIpc) is 3.49. The highest BCUT2D eigenvalue weighted by Gasteiger charge is 2.36. The largest absolute Gasteiger partial charge is 0.467 e. The Morgan fingerprint density at radius 1 is 1.09 bits per heavy atom. The van der Waals surface area contributed by atoms with Crippen molar-refractivity contribution in [2.75, 3.05) is 10.6 Å². The number of nitrogens with zero attached hydrogens (tertiary/aromatic N) is 3. The van der Waals surface area contributed by atoms with Crippen molar-refractivity contribution >= 4 is 29.3 Å². The highest BCUT2D eigenvalue weighted by molar-refractivity contribution is 7.98. The number of aryl methyl sites for hydroxylation is 1. The Balaban J connectivity index is 1.46. The van der Waals surface area contributed by atoms with Crippen LogP contribution in [-0.4, -0.2) is 20.7 Å². The number of rotatable bonds is 6. The molecular weight excluding hydrogens is 434 g/mol. The van der Waals surface area contributed by atoms with Crippen LogP contribution in [0.25, 0.3) is 0 Å². The number of para-hydroxylation sites is 1. The van der Waals surface area contributed by atoms with Crippen molar-refractivity contribution in [3.8, 4) is 0 Å². The maximum absolute atomic E-state index is 13.4. The number of hydrogen-bond donors (Lipinski definition) is 2. The van der Waals surface area contributed by atoms with Crippen LogP contribution in [0.4, 0.5) is 11.6 Å². The van der Waals surface area contributed by atoms with Crippen LogP contribution in [0.2, 0.25) is 0 Å². The molecule has 1 aliphatic heterocycles. The van der Waals surface area contributed by atoms with E-state index in [1.165, 1.54) is 5.56 Å². The molecule has 0 spiro atoms. The molecule has 166 valence electrons. The van der Waals surface area contributed by atoms with Gasteiger partial charge < -0.3 is 15.1 Å². The number of anilines is 2. The van der Waals surface area contributed by atoms with E-state index >= 15 is 0 Å². The number of hydrogen-bond acceptors (Lipinski definition) is 6. The molecule has 2 N–H and O–H groups in total. The fourth-order valence-electron chi connectivity index (χ4n) is 3.82. The van der Waals surface area contributed by atoms with E-state index in [1.807, 2.05) is 68.4 Å². The Bertz CT molecular complexity index is 1310. The standard InChI is InChI=1S/C25H23N5O2S/c1-16-9-6-7-12-19(16)27-23(31)21-17(2)26-24-28-25(33-15-18-10-4-3-5-11-18)29-30(24)22(21)20-13-8-14-32-20/h3-14,22H,15H2,1-2H3,(H,27,31)(H,26,28,29). The molecule has 0 radical (unpaired) electrons. The second-order valence-electron chi connectivity index (χ2n) is 7.79.